The highest BCUT2D eigenvalue weighted by molar-refractivity contribution is 5.83. The summed E-state index contributed by atoms with van der Waals surface area (Å²) in [5.41, 5.74) is 4.28. The topological polar surface area (TPSA) is 59.4 Å². The Morgan fingerprint density at radius 1 is 1.09 bits per heavy atom. The van der Waals surface area contributed by atoms with Gasteiger partial charge in [-0.15, -0.1) is 0 Å². The lowest BCUT2D eigenvalue weighted by Crippen LogP contribution is -2.52. The van der Waals surface area contributed by atoms with Gasteiger partial charge < -0.3 is 10.1 Å². The Kier molecular flexibility index (Phi) is 7.14. The van der Waals surface area contributed by atoms with E-state index in [1.165, 1.54) is 11.1 Å². The number of likely N-dealkylation sites (tertiary alicyclic amines) is 1. The van der Waals surface area contributed by atoms with Crippen LogP contribution in [0.2, 0.25) is 0 Å². The zero-order valence-corrected chi connectivity index (χ0v) is 19.9. The number of benzene rings is 2. The van der Waals surface area contributed by atoms with Gasteiger partial charge in [0.15, 0.2) is 0 Å². The van der Waals surface area contributed by atoms with E-state index in [9.17, 15) is 4.79 Å². The van der Waals surface area contributed by atoms with Crippen LogP contribution in [0, 0.1) is 5.41 Å². The van der Waals surface area contributed by atoms with Crippen molar-refractivity contribution in [1.82, 2.24) is 20.0 Å². The van der Waals surface area contributed by atoms with Crippen LogP contribution in [0.15, 0.2) is 60.9 Å². The molecule has 1 amide bonds. The molecule has 0 saturated carbocycles. The number of aromatic nitrogens is 2. The fourth-order valence-corrected chi connectivity index (χ4v) is 4.92. The molecule has 1 saturated heterocycles. The third kappa shape index (κ3) is 5.45. The van der Waals surface area contributed by atoms with Crippen LogP contribution >= 0.6 is 0 Å². The lowest BCUT2D eigenvalue weighted by molar-refractivity contribution is -0.134. The molecule has 2 aromatic carbocycles. The van der Waals surface area contributed by atoms with Crippen molar-refractivity contribution in [1.29, 1.82) is 0 Å². The second-order valence-electron chi connectivity index (χ2n) is 9.08. The standard InChI is InChI=1S/C27H34N4O2/c1-4-28-26(32)27(14-5-15-31(20-27)19-22-17-29-30(2)18-22)16-21-6-8-23(9-7-21)24-10-12-25(33-3)13-11-24/h6-13,17-18H,4-5,14-16,19-20H2,1-3H3,(H,28,32). The van der Waals surface area contributed by atoms with Crippen molar-refractivity contribution < 1.29 is 9.53 Å². The lowest BCUT2D eigenvalue weighted by atomic mass is 9.74. The highest BCUT2D eigenvalue weighted by atomic mass is 16.5. The number of nitrogens with zero attached hydrogens (tertiary/aromatic N) is 3. The number of methoxy groups -OCH3 is 1. The van der Waals surface area contributed by atoms with Crippen LogP contribution < -0.4 is 10.1 Å². The number of ether oxygens (including phenoxy) is 1. The minimum atomic E-state index is -0.419. The molecule has 6 nitrogen and oxygen atoms in total. The molecule has 1 unspecified atom stereocenters. The van der Waals surface area contributed by atoms with E-state index in [0.717, 1.165) is 55.8 Å². The molecule has 3 aromatic rings. The molecule has 1 aliphatic heterocycles. The van der Waals surface area contributed by atoms with E-state index >= 15 is 0 Å². The van der Waals surface area contributed by atoms with E-state index in [-0.39, 0.29) is 5.91 Å². The van der Waals surface area contributed by atoms with Crippen LogP contribution in [0.25, 0.3) is 11.1 Å². The second kappa shape index (κ2) is 10.2. The fourth-order valence-electron chi connectivity index (χ4n) is 4.92. The normalized spacial score (nSPS) is 18.8. The van der Waals surface area contributed by atoms with Crippen molar-refractivity contribution in [2.45, 2.75) is 32.7 Å². The number of carbonyl (C=O) groups excluding carboxylic acids is 1. The third-order valence-corrected chi connectivity index (χ3v) is 6.56. The molecule has 1 atom stereocenters. The van der Waals surface area contributed by atoms with Gasteiger partial charge in [0.1, 0.15) is 5.75 Å². The van der Waals surface area contributed by atoms with E-state index in [0.29, 0.717) is 6.54 Å². The van der Waals surface area contributed by atoms with Crippen molar-refractivity contribution in [2.24, 2.45) is 12.5 Å². The van der Waals surface area contributed by atoms with Gasteiger partial charge in [0.2, 0.25) is 5.91 Å². The van der Waals surface area contributed by atoms with Crippen molar-refractivity contribution >= 4 is 5.91 Å². The summed E-state index contributed by atoms with van der Waals surface area (Å²) in [4.78, 5) is 15.7. The van der Waals surface area contributed by atoms with E-state index in [4.69, 9.17) is 4.74 Å². The van der Waals surface area contributed by atoms with E-state index in [1.807, 2.05) is 37.0 Å². The van der Waals surface area contributed by atoms with Gasteiger partial charge in [-0.1, -0.05) is 36.4 Å². The van der Waals surface area contributed by atoms with Crippen molar-refractivity contribution in [2.75, 3.05) is 26.7 Å². The number of amides is 1. The Balaban J connectivity index is 1.52. The largest absolute Gasteiger partial charge is 0.497 e. The molecular weight excluding hydrogens is 412 g/mol. The van der Waals surface area contributed by atoms with Gasteiger partial charge in [-0.05, 0) is 61.6 Å². The molecular formula is C27H34N4O2. The van der Waals surface area contributed by atoms with Crippen LogP contribution in [-0.4, -0.2) is 47.3 Å². The Hall–Kier alpha value is -3.12. The van der Waals surface area contributed by atoms with Gasteiger partial charge in [0, 0.05) is 38.4 Å². The number of carbonyl (C=O) groups is 1. The second-order valence-corrected chi connectivity index (χ2v) is 9.08. The molecule has 6 heteroatoms. The van der Waals surface area contributed by atoms with Gasteiger partial charge in [-0.25, -0.2) is 0 Å². The first-order valence-corrected chi connectivity index (χ1v) is 11.7. The maximum Gasteiger partial charge on any atom is 0.227 e. The molecule has 1 N–H and O–H groups in total. The molecule has 4 rings (SSSR count). The molecule has 174 valence electrons. The first-order valence-electron chi connectivity index (χ1n) is 11.7. The van der Waals surface area contributed by atoms with Crippen molar-refractivity contribution in [3.05, 3.63) is 72.1 Å². The summed E-state index contributed by atoms with van der Waals surface area (Å²) in [6, 6.07) is 16.7. The van der Waals surface area contributed by atoms with Crippen LogP contribution in [-0.2, 0) is 24.8 Å². The summed E-state index contributed by atoms with van der Waals surface area (Å²) in [7, 11) is 3.62. The zero-order chi connectivity index (χ0) is 23.3. The molecule has 1 fully saturated rings. The Bertz CT molecular complexity index is 1060. The summed E-state index contributed by atoms with van der Waals surface area (Å²) < 4.78 is 7.10. The molecule has 0 radical (unpaired) electrons. The van der Waals surface area contributed by atoms with Gasteiger partial charge in [-0.2, -0.15) is 5.10 Å². The van der Waals surface area contributed by atoms with E-state index < -0.39 is 5.41 Å². The molecule has 1 aromatic heterocycles. The molecule has 0 aliphatic carbocycles. The quantitative estimate of drug-likeness (QED) is 0.567. The van der Waals surface area contributed by atoms with Gasteiger partial charge in [-0.3, -0.25) is 14.4 Å². The minimum absolute atomic E-state index is 0.167. The smallest absolute Gasteiger partial charge is 0.227 e. The number of hydrogen-bond donors (Lipinski definition) is 1. The van der Waals surface area contributed by atoms with E-state index in [2.05, 4.69) is 57.9 Å². The molecule has 1 aliphatic rings. The molecule has 0 spiro atoms. The van der Waals surface area contributed by atoms with Crippen molar-refractivity contribution in [3.8, 4) is 16.9 Å². The van der Waals surface area contributed by atoms with Crippen molar-refractivity contribution in [3.63, 3.8) is 0 Å². The third-order valence-electron chi connectivity index (χ3n) is 6.56. The predicted molar refractivity (Wildman–Crippen MR) is 131 cm³/mol. The summed E-state index contributed by atoms with van der Waals surface area (Å²) in [5, 5.41) is 7.42. The predicted octanol–water partition coefficient (Wildman–Crippen LogP) is 4.06. The first-order chi connectivity index (χ1) is 16.0. The number of aryl methyl sites for hydroxylation is 1. The maximum absolute atomic E-state index is 13.3. The van der Waals surface area contributed by atoms with Crippen LogP contribution in [0.4, 0.5) is 0 Å². The van der Waals surface area contributed by atoms with Crippen LogP contribution in [0.1, 0.15) is 30.9 Å². The molecule has 2 heterocycles. The summed E-state index contributed by atoms with van der Waals surface area (Å²) in [5.74, 6) is 1.02. The van der Waals surface area contributed by atoms with Gasteiger partial charge in [0.05, 0.1) is 18.7 Å². The Labute approximate surface area is 196 Å². The highest BCUT2D eigenvalue weighted by Crippen LogP contribution is 2.35. The summed E-state index contributed by atoms with van der Waals surface area (Å²) in [6.07, 6.45) is 6.63. The Morgan fingerprint density at radius 3 is 2.39 bits per heavy atom. The number of rotatable bonds is 8. The summed E-state index contributed by atoms with van der Waals surface area (Å²) >= 11 is 0. The zero-order valence-electron chi connectivity index (χ0n) is 19.9. The van der Waals surface area contributed by atoms with E-state index in [1.54, 1.807) is 7.11 Å². The number of piperidine rings is 1. The van der Waals surface area contributed by atoms with Gasteiger partial charge in [0.25, 0.3) is 0 Å². The van der Waals surface area contributed by atoms with Crippen LogP contribution in [0.5, 0.6) is 5.75 Å². The molecule has 33 heavy (non-hydrogen) atoms. The lowest BCUT2D eigenvalue weighted by Gasteiger charge is -2.42. The fraction of sp³-hybridized carbons (Fsp3) is 0.407. The minimum Gasteiger partial charge on any atom is -0.497 e. The first kappa shape index (κ1) is 23.1. The average molecular weight is 447 g/mol. The molecule has 0 bridgehead atoms. The summed E-state index contributed by atoms with van der Waals surface area (Å²) in [6.45, 7) is 5.23. The van der Waals surface area contributed by atoms with Gasteiger partial charge >= 0.3 is 0 Å². The monoisotopic (exact) mass is 446 g/mol. The SMILES string of the molecule is CCNC(=O)C1(Cc2ccc(-c3ccc(OC)cc3)cc2)CCCN(Cc2cnn(C)c2)C1. The average Bonchev–Trinajstić information content (AvgIpc) is 3.24. The highest BCUT2D eigenvalue weighted by Gasteiger charge is 2.42. The number of hydrogen-bond acceptors (Lipinski definition) is 4. The maximum atomic E-state index is 13.3. The number of nitrogens with one attached hydrogen (secondary N) is 1. The Morgan fingerprint density at radius 2 is 1.79 bits per heavy atom. The van der Waals surface area contributed by atoms with Crippen LogP contribution in [0.3, 0.4) is 0 Å².